The molecule has 0 radical (unpaired) electrons. The van der Waals surface area contributed by atoms with Gasteiger partial charge in [-0.2, -0.15) is 0 Å². The summed E-state index contributed by atoms with van der Waals surface area (Å²) in [5, 5.41) is 2.63. The molecule has 0 bridgehead atoms. The fraction of sp³-hybridized carbons (Fsp3) is 0.263. The van der Waals surface area contributed by atoms with Gasteiger partial charge in [0, 0.05) is 17.2 Å². The molecule has 3 rings (SSSR count). The van der Waals surface area contributed by atoms with Crippen molar-refractivity contribution >= 4 is 21.5 Å². The zero-order valence-electron chi connectivity index (χ0n) is 14.4. The number of ketones is 1. The molecule has 6 nitrogen and oxygen atoms in total. The van der Waals surface area contributed by atoms with E-state index in [1.807, 2.05) is 0 Å². The van der Waals surface area contributed by atoms with Crippen molar-refractivity contribution in [3.05, 3.63) is 65.5 Å². The van der Waals surface area contributed by atoms with Gasteiger partial charge in [-0.15, -0.1) is 0 Å². The zero-order valence-corrected chi connectivity index (χ0v) is 15.2. The van der Waals surface area contributed by atoms with Gasteiger partial charge in [0.1, 0.15) is 11.6 Å². The maximum atomic E-state index is 12.9. The number of amides is 1. The van der Waals surface area contributed by atoms with Crippen LogP contribution in [0, 0.1) is 5.82 Å². The van der Waals surface area contributed by atoms with Crippen LogP contribution in [0.25, 0.3) is 0 Å². The van der Waals surface area contributed by atoms with Gasteiger partial charge in [0.25, 0.3) is 5.91 Å². The van der Waals surface area contributed by atoms with Crippen molar-refractivity contribution in [1.82, 2.24) is 5.32 Å². The van der Waals surface area contributed by atoms with E-state index < -0.39 is 21.6 Å². The van der Waals surface area contributed by atoms with Gasteiger partial charge in [-0.25, -0.2) is 12.8 Å². The fourth-order valence-electron chi connectivity index (χ4n) is 2.80. The number of sulfone groups is 1. The molecule has 1 saturated heterocycles. The second kappa shape index (κ2) is 7.87. The van der Waals surface area contributed by atoms with Gasteiger partial charge in [0.2, 0.25) is 0 Å². The molecule has 142 valence electrons. The van der Waals surface area contributed by atoms with E-state index >= 15 is 0 Å². The second-order valence-electron chi connectivity index (χ2n) is 6.32. The maximum absolute atomic E-state index is 12.9. The average Bonchev–Trinajstić information content (AvgIpc) is 2.99. The lowest BCUT2D eigenvalue weighted by atomic mass is 10.0. The molecule has 1 fully saturated rings. The average molecular weight is 391 g/mol. The predicted octanol–water partition coefficient (Wildman–Crippen LogP) is 1.74. The summed E-state index contributed by atoms with van der Waals surface area (Å²) in [6, 6.07) is 11.1. The number of nitrogens with one attached hydrogen (secondary N) is 1. The molecule has 1 aliphatic rings. The third kappa shape index (κ3) is 5.13. The lowest BCUT2D eigenvalue weighted by Crippen LogP contribution is -2.38. The molecule has 8 heteroatoms. The molecular formula is C19H18FNO5S. The number of carbonyl (C=O) groups excluding carboxylic acids is 2. The third-order valence-electron chi connectivity index (χ3n) is 4.19. The summed E-state index contributed by atoms with van der Waals surface area (Å²) < 4.78 is 41.1. The Morgan fingerprint density at radius 2 is 1.63 bits per heavy atom. The molecule has 0 aliphatic carbocycles. The summed E-state index contributed by atoms with van der Waals surface area (Å²) in [6.07, 6.45) is 0.411. The van der Waals surface area contributed by atoms with E-state index in [4.69, 9.17) is 4.74 Å². The maximum Gasteiger partial charge on any atom is 0.258 e. The highest BCUT2D eigenvalue weighted by Gasteiger charge is 2.28. The van der Waals surface area contributed by atoms with Crippen LogP contribution in [-0.4, -0.2) is 44.3 Å². The Balaban J connectivity index is 1.52. The summed E-state index contributed by atoms with van der Waals surface area (Å²) in [6.45, 7) is -0.248. The summed E-state index contributed by atoms with van der Waals surface area (Å²) in [4.78, 5) is 24.2. The first-order valence-electron chi connectivity index (χ1n) is 8.35. The molecule has 27 heavy (non-hydrogen) atoms. The number of rotatable bonds is 6. The molecule has 2 aromatic carbocycles. The Bertz CT molecular complexity index is 939. The van der Waals surface area contributed by atoms with Crippen LogP contribution in [0.15, 0.2) is 48.5 Å². The van der Waals surface area contributed by atoms with Crippen molar-refractivity contribution in [2.24, 2.45) is 0 Å². The highest BCUT2D eigenvalue weighted by molar-refractivity contribution is 7.91. The fourth-order valence-corrected chi connectivity index (χ4v) is 4.47. The standard InChI is InChI=1S/C19H18FNO5S/c20-15-5-1-13(2-6-15)19(23)14-3-7-17(8-4-14)26-11-18(22)21-16-9-10-27(24,25)12-16/h1-8,16H,9-12H2,(H,21,22). The Hall–Kier alpha value is -2.74. The van der Waals surface area contributed by atoms with E-state index in [0.29, 0.717) is 23.3 Å². The Morgan fingerprint density at radius 3 is 2.19 bits per heavy atom. The van der Waals surface area contributed by atoms with Crippen LogP contribution in [0.1, 0.15) is 22.3 Å². The van der Waals surface area contributed by atoms with Crippen LogP contribution in [-0.2, 0) is 14.6 Å². The van der Waals surface area contributed by atoms with Gasteiger partial charge in [-0.1, -0.05) is 0 Å². The molecule has 1 unspecified atom stereocenters. The smallest absolute Gasteiger partial charge is 0.258 e. The van der Waals surface area contributed by atoms with Crippen molar-refractivity contribution < 1.29 is 27.1 Å². The molecule has 0 aromatic heterocycles. The quantitative estimate of drug-likeness (QED) is 0.758. The number of ether oxygens (including phenoxy) is 1. The molecular weight excluding hydrogens is 373 g/mol. The van der Waals surface area contributed by atoms with Crippen molar-refractivity contribution in [2.75, 3.05) is 18.1 Å². The highest BCUT2D eigenvalue weighted by Crippen LogP contribution is 2.16. The molecule has 1 atom stereocenters. The van der Waals surface area contributed by atoms with Crippen LogP contribution in [0.5, 0.6) is 5.75 Å². The van der Waals surface area contributed by atoms with Crippen molar-refractivity contribution in [3.63, 3.8) is 0 Å². The molecule has 1 N–H and O–H groups in total. The minimum atomic E-state index is -3.05. The third-order valence-corrected chi connectivity index (χ3v) is 5.96. The summed E-state index contributed by atoms with van der Waals surface area (Å²) >= 11 is 0. The first-order valence-corrected chi connectivity index (χ1v) is 10.2. The molecule has 2 aromatic rings. The number of carbonyl (C=O) groups is 2. The minimum absolute atomic E-state index is 0.0427. The first-order chi connectivity index (χ1) is 12.8. The van der Waals surface area contributed by atoms with Crippen LogP contribution in [0.2, 0.25) is 0 Å². The largest absolute Gasteiger partial charge is 0.484 e. The lowest BCUT2D eigenvalue weighted by molar-refractivity contribution is -0.123. The Kier molecular flexibility index (Phi) is 5.55. The van der Waals surface area contributed by atoms with E-state index in [1.165, 1.54) is 24.3 Å². The molecule has 1 heterocycles. The Labute approximate surface area is 156 Å². The van der Waals surface area contributed by atoms with Gasteiger partial charge >= 0.3 is 0 Å². The van der Waals surface area contributed by atoms with Crippen molar-refractivity contribution in [1.29, 1.82) is 0 Å². The number of benzene rings is 2. The summed E-state index contributed by atoms with van der Waals surface area (Å²) in [5.41, 5.74) is 0.783. The summed E-state index contributed by atoms with van der Waals surface area (Å²) in [5.74, 6) is -0.615. The van der Waals surface area contributed by atoms with Gasteiger partial charge < -0.3 is 10.1 Å². The van der Waals surface area contributed by atoms with Gasteiger partial charge in [-0.3, -0.25) is 9.59 Å². The van der Waals surface area contributed by atoms with Gasteiger partial charge in [0.05, 0.1) is 11.5 Å². The van der Waals surface area contributed by atoms with Crippen LogP contribution >= 0.6 is 0 Å². The minimum Gasteiger partial charge on any atom is -0.484 e. The summed E-state index contributed by atoms with van der Waals surface area (Å²) in [7, 11) is -3.05. The molecule has 0 saturated carbocycles. The highest BCUT2D eigenvalue weighted by atomic mass is 32.2. The van der Waals surface area contributed by atoms with E-state index in [0.717, 1.165) is 0 Å². The predicted molar refractivity (Wildman–Crippen MR) is 97.0 cm³/mol. The first kappa shape index (κ1) is 19.0. The van der Waals surface area contributed by atoms with Gasteiger partial charge in [0.15, 0.2) is 22.2 Å². The van der Waals surface area contributed by atoms with Crippen molar-refractivity contribution in [3.8, 4) is 5.75 Å². The van der Waals surface area contributed by atoms with E-state index in [9.17, 15) is 22.4 Å². The number of hydrogen-bond donors (Lipinski definition) is 1. The van der Waals surface area contributed by atoms with Crippen LogP contribution in [0.4, 0.5) is 4.39 Å². The van der Waals surface area contributed by atoms with Crippen LogP contribution in [0.3, 0.4) is 0 Å². The van der Waals surface area contributed by atoms with Crippen LogP contribution < -0.4 is 10.1 Å². The van der Waals surface area contributed by atoms with Gasteiger partial charge in [-0.05, 0) is 55.0 Å². The monoisotopic (exact) mass is 391 g/mol. The molecule has 1 aliphatic heterocycles. The zero-order chi connectivity index (χ0) is 19.4. The second-order valence-corrected chi connectivity index (χ2v) is 8.55. The molecule has 0 spiro atoms. The lowest BCUT2D eigenvalue weighted by Gasteiger charge is -2.11. The topological polar surface area (TPSA) is 89.5 Å². The van der Waals surface area contributed by atoms with E-state index in [1.54, 1.807) is 24.3 Å². The number of halogens is 1. The van der Waals surface area contributed by atoms with E-state index in [2.05, 4.69) is 5.32 Å². The van der Waals surface area contributed by atoms with Crippen molar-refractivity contribution in [2.45, 2.75) is 12.5 Å². The van der Waals surface area contributed by atoms with E-state index in [-0.39, 0.29) is 29.9 Å². The number of hydrogen-bond acceptors (Lipinski definition) is 5. The molecule has 1 amide bonds. The Morgan fingerprint density at radius 1 is 1.04 bits per heavy atom. The SMILES string of the molecule is O=C(COc1ccc(C(=O)c2ccc(F)cc2)cc1)NC1CCS(=O)(=O)C1. The normalized spacial score (nSPS) is 18.0.